The highest BCUT2D eigenvalue weighted by molar-refractivity contribution is 5.94. The van der Waals surface area contributed by atoms with Crippen LogP contribution in [0.15, 0.2) is 72.8 Å². The van der Waals surface area contributed by atoms with Crippen molar-refractivity contribution in [3.8, 4) is 16.9 Å². The third-order valence-corrected chi connectivity index (χ3v) is 9.18. The summed E-state index contributed by atoms with van der Waals surface area (Å²) in [7, 11) is 1.75. The van der Waals surface area contributed by atoms with Crippen molar-refractivity contribution in [3.05, 3.63) is 117 Å². The summed E-state index contributed by atoms with van der Waals surface area (Å²) in [5, 5.41) is 9.51. The molecule has 4 aromatic carbocycles. The highest BCUT2D eigenvalue weighted by Crippen LogP contribution is 2.35. The summed E-state index contributed by atoms with van der Waals surface area (Å²) in [4.78, 5) is 0. The molecule has 0 radical (unpaired) electrons. The summed E-state index contributed by atoms with van der Waals surface area (Å²) < 4.78 is 10.2. The van der Waals surface area contributed by atoms with Crippen molar-refractivity contribution in [1.29, 1.82) is 5.41 Å². The van der Waals surface area contributed by atoms with E-state index in [9.17, 15) is 5.41 Å². The molecule has 4 nitrogen and oxygen atoms in total. The Kier molecular flexibility index (Phi) is 10.1. The molecular formula is C40H49N3O. The van der Waals surface area contributed by atoms with Gasteiger partial charge in [0.25, 0.3) is 0 Å². The normalized spacial score (nSPS) is 11.4. The maximum Gasteiger partial charge on any atom is 0.203 e. The van der Waals surface area contributed by atoms with Gasteiger partial charge in [-0.25, -0.2) is 0 Å². The zero-order valence-corrected chi connectivity index (χ0v) is 27.6. The molecule has 5 aromatic rings. The molecule has 0 aliphatic heterocycles. The van der Waals surface area contributed by atoms with Gasteiger partial charge in [-0.2, -0.15) is 0 Å². The van der Waals surface area contributed by atoms with Crippen LogP contribution in [0.1, 0.15) is 72.6 Å². The molecule has 0 saturated heterocycles. The average Bonchev–Trinajstić information content (AvgIpc) is 3.31. The minimum atomic E-state index is 0.562. The van der Waals surface area contributed by atoms with E-state index in [-0.39, 0.29) is 0 Å². The maximum atomic E-state index is 9.51. The molecule has 1 aromatic heterocycles. The lowest BCUT2D eigenvalue weighted by atomic mass is 9.96. The van der Waals surface area contributed by atoms with Gasteiger partial charge in [0.1, 0.15) is 5.75 Å². The van der Waals surface area contributed by atoms with Gasteiger partial charge in [-0.05, 0) is 97.0 Å². The monoisotopic (exact) mass is 587 g/mol. The third-order valence-electron chi connectivity index (χ3n) is 9.18. The molecule has 230 valence electrons. The maximum absolute atomic E-state index is 9.51. The fourth-order valence-corrected chi connectivity index (χ4v) is 6.84. The van der Waals surface area contributed by atoms with Crippen molar-refractivity contribution < 1.29 is 4.74 Å². The number of fused-ring (bicyclic) bond motifs is 1. The van der Waals surface area contributed by atoms with E-state index in [1.54, 1.807) is 7.11 Å². The third kappa shape index (κ3) is 6.40. The molecular weight excluding hydrogens is 538 g/mol. The lowest BCUT2D eigenvalue weighted by Gasteiger charge is -2.15. The molecule has 0 atom stereocenters. The minimum Gasteiger partial charge on any atom is -0.496 e. The number of hydrogen-bond acceptors (Lipinski definition) is 2. The number of nitrogens with zero attached hydrogens (tertiary/aromatic N) is 2. The Morgan fingerprint density at radius 2 is 1.23 bits per heavy atom. The molecule has 0 bridgehead atoms. The number of hydrogen-bond donors (Lipinski definition) is 1. The SMILES string of the molecule is CCCc1ccc(CCn2c(=N)n(CCc3ccc(CCC)c(C)c3)c3c(-c4cccc(OC)c4CC)cccc32)cc1C. The number of methoxy groups -OCH3 is 1. The Morgan fingerprint density at radius 3 is 1.77 bits per heavy atom. The van der Waals surface area contributed by atoms with Crippen LogP contribution in [0, 0.1) is 19.3 Å². The van der Waals surface area contributed by atoms with Gasteiger partial charge in [0.15, 0.2) is 0 Å². The molecule has 0 aliphatic carbocycles. The first kappa shape index (κ1) is 31.4. The molecule has 1 heterocycles. The Morgan fingerprint density at radius 1 is 0.659 bits per heavy atom. The second-order valence-corrected chi connectivity index (χ2v) is 12.2. The van der Waals surface area contributed by atoms with Gasteiger partial charge in [-0.15, -0.1) is 0 Å². The smallest absolute Gasteiger partial charge is 0.203 e. The summed E-state index contributed by atoms with van der Waals surface area (Å²) in [6.07, 6.45) is 7.22. The molecule has 4 heteroatoms. The predicted molar refractivity (Wildman–Crippen MR) is 185 cm³/mol. The molecule has 0 unspecified atom stereocenters. The van der Waals surface area contributed by atoms with Crippen LogP contribution in [0.5, 0.6) is 5.75 Å². The van der Waals surface area contributed by atoms with E-state index in [4.69, 9.17) is 4.74 Å². The average molecular weight is 588 g/mol. The highest BCUT2D eigenvalue weighted by atomic mass is 16.5. The second kappa shape index (κ2) is 14.2. The Bertz CT molecular complexity index is 1810. The zero-order chi connectivity index (χ0) is 31.2. The first-order valence-corrected chi connectivity index (χ1v) is 16.5. The van der Waals surface area contributed by atoms with E-state index in [1.807, 2.05) is 0 Å². The van der Waals surface area contributed by atoms with Crippen LogP contribution in [-0.2, 0) is 45.2 Å². The van der Waals surface area contributed by atoms with Crippen LogP contribution in [-0.4, -0.2) is 16.2 Å². The summed E-state index contributed by atoms with van der Waals surface area (Å²) >= 11 is 0. The molecule has 0 amide bonds. The van der Waals surface area contributed by atoms with E-state index < -0.39 is 0 Å². The second-order valence-electron chi connectivity index (χ2n) is 12.2. The van der Waals surface area contributed by atoms with E-state index >= 15 is 0 Å². The Balaban J connectivity index is 1.58. The van der Waals surface area contributed by atoms with Crippen LogP contribution in [0.2, 0.25) is 0 Å². The lowest BCUT2D eigenvalue weighted by molar-refractivity contribution is 0.410. The van der Waals surface area contributed by atoms with Gasteiger partial charge in [0.05, 0.1) is 18.1 Å². The summed E-state index contributed by atoms with van der Waals surface area (Å²) in [5.41, 5.74) is 14.6. The number of aromatic nitrogens is 2. The van der Waals surface area contributed by atoms with Gasteiger partial charge < -0.3 is 13.9 Å². The van der Waals surface area contributed by atoms with Crippen molar-refractivity contribution in [2.24, 2.45) is 0 Å². The van der Waals surface area contributed by atoms with Gasteiger partial charge >= 0.3 is 0 Å². The molecule has 0 spiro atoms. The van der Waals surface area contributed by atoms with E-state index in [1.165, 1.54) is 50.1 Å². The Labute approximate surface area is 263 Å². The molecule has 44 heavy (non-hydrogen) atoms. The topological polar surface area (TPSA) is 42.9 Å². The number of nitrogens with one attached hydrogen (secondary N) is 1. The molecule has 0 fully saturated rings. The quantitative estimate of drug-likeness (QED) is 0.147. The lowest BCUT2D eigenvalue weighted by Crippen LogP contribution is -2.26. The zero-order valence-electron chi connectivity index (χ0n) is 27.6. The number of imidazole rings is 1. The summed E-state index contributed by atoms with van der Waals surface area (Å²) in [5.74, 6) is 0.920. The number of rotatable bonds is 13. The number of aryl methyl sites for hydroxylation is 8. The van der Waals surface area contributed by atoms with E-state index in [0.29, 0.717) is 5.62 Å². The van der Waals surface area contributed by atoms with Crippen LogP contribution in [0.3, 0.4) is 0 Å². The molecule has 0 saturated carbocycles. The minimum absolute atomic E-state index is 0.562. The number of benzene rings is 4. The molecule has 0 aliphatic rings. The van der Waals surface area contributed by atoms with Crippen molar-refractivity contribution >= 4 is 11.0 Å². The fraction of sp³-hybridized carbons (Fsp3) is 0.375. The summed E-state index contributed by atoms with van der Waals surface area (Å²) in [6.45, 7) is 12.6. The van der Waals surface area contributed by atoms with Gasteiger partial charge in [0.2, 0.25) is 5.62 Å². The van der Waals surface area contributed by atoms with Gasteiger partial charge in [-0.3, -0.25) is 5.41 Å². The first-order valence-electron chi connectivity index (χ1n) is 16.5. The van der Waals surface area contributed by atoms with Gasteiger partial charge in [-0.1, -0.05) is 94.3 Å². The fourth-order valence-electron chi connectivity index (χ4n) is 6.84. The van der Waals surface area contributed by atoms with Crippen molar-refractivity contribution in [3.63, 3.8) is 0 Å². The van der Waals surface area contributed by atoms with Crippen LogP contribution in [0.25, 0.3) is 22.2 Å². The van der Waals surface area contributed by atoms with Crippen LogP contribution < -0.4 is 10.4 Å². The van der Waals surface area contributed by atoms with Crippen LogP contribution in [0.4, 0.5) is 0 Å². The summed E-state index contributed by atoms with van der Waals surface area (Å²) in [6, 6.07) is 26.7. The Hall–Kier alpha value is -4.05. The first-order chi connectivity index (χ1) is 21.4. The highest BCUT2D eigenvalue weighted by Gasteiger charge is 2.19. The predicted octanol–water partition coefficient (Wildman–Crippen LogP) is 9.17. The molecule has 1 N–H and O–H groups in total. The van der Waals surface area contributed by atoms with Crippen LogP contribution >= 0.6 is 0 Å². The van der Waals surface area contributed by atoms with Crippen molar-refractivity contribution in [1.82, 2.24) is 9.13 Å². The largest absolute Gasteiger partial charge is 0.496 e. The standard InChI is InChI=1S/C40H49N3O/c1-7-12-32-20-18-30(26-28(32)4)22-24-42-37-16-10-15-36(35-14-11-17-38(44-6)34(35)9-3)39(37)43(40(42)41)25-23-31-19-21-33(13-8-2)29(5)27-31/h10-11,14-21,26-27,41H,7-9,12-13,22-25H2,1-6H3. The number of para-hydroxylation sites is 1. The van der Waals surface area contributed by atoms with E-state index in [0.717, 1.165) is 74.8 Å². The van der Waals surface area contributed by atoms with Crippen molar-refractivity contribution in [2.45, 2.75) is 92.7 Å². The van der Waals surface area contributed by atoms with Crippen molar-refractivity contribution in [2.75, 3.05) is 7.11 Å². The van der Waals surface area contributed by atoms with Gasteiger partial charge in [0, 0.05) is 24.2 Å². The molecule has 5 rings (SSSR count). The van der Waals surface area contributed by atoms with E-state index in [2.05, 4.69) is 117 Å². The number of ether oxygens (including phenoxy) is 1.